The standard InChI is InChI=1S/C21H22FN3OS/c1-25-11-7-14(8-12-25)26-19-6-10-24-21-17(19)5-9-23-20(21)16-4-3-15(27-2)13-18(16)22/h3-6,9-10,13-14H,7-8,11-12H2,1-2H3. The molecule has 1 aromatic carbocycles. The molecule has 6 heteroatoms. The number of pyridine rings is 2. The highest BCUT2D eigenvalue weighted by Crippen LogP contribution is 2.33. The second-order valence-corrected chi connectivity index (χ2v) is 7.71. The van der Waals surface area contributed by atoms with Crippen molar-refractivity contribution in [2.45, 2.75) is 23.8 Å². The van der Waals surface area contributed by atoms with Gasteiger partial charge in [0, 0.05) is 41.3 Å². The average molecular weight is 383 g/mol. The van der Waals surface area contributed by atoms with E-state index < -0.39 is 0 Å². The number of benzene rings is 1. The smallest absolute Gasteiger partial charge is 0.133 e. The zero-order valence-electron chi connectivity index (χ0n) is 15.5. The van der Waals surface area contributed by atoms with E-state index in [2.05, 4.69) is 21.9 Å². The summed E-state index contributed by atoms with van der Waals surface area (Å²) in [5.41, 5.74) is 1.67. The number of thioether (sulfide) groups is 1. The molecule has 1 aliphatic heterocycles. The number of fused-ring (bicyclic) bond motifs is 1. The molecule has 0 bridgehead atoms. The van der Waals surface area contributed by atoms with E-state index in [0.717, 1.165) is 42.0 Å². The van der Waals surface area contributed by atoms with E-state index in [4.69, 9.17) is 4.74 Å². The summed E-state index contributed by atoms with van der Waals surface area (Å²) in [7, 11) is 2.13. The maximum Gasteiger partial charge on any atom is 0.133 e. The van der Waals surface area contributed by atoms with Crippen molar-refractivity contribution in [3.8, 4) is 17.0 Å². The van der Waals surface area contributed by atoms with Gasteiger partial charge in [-0.25, -0.2) is 4.39 Å². The second kappa shape index (κ2) is 7.82. The molecule has 0 spiro atoms. The lowest BCUT2D eigenvalue weighted by molar-refractivity contribution is 0.115. The summed E-state index contributed by atoms with van der Waals surface area (Å²) in [5.74, 6) is 0.504. The normalized spacial score (nSPS) is 16.0. The summed E-state index contributed by atoms with van der Waals surface area (Å²) in [6.07, 6.45) is 7.54. The van der Waals surface area contributed by atoms with Crippen molar-refractivity contribution >= 4 is 22.7 Å². The molecule has 0 radical (unpaired) electrons. The van der Waals surface area contributed by atoms with E-state index in [1.165, 1.54) is 11.8 Å². The summed E-state index contributed by atoms with van der Waals surface area (Å²) in [4.78, 5) is 12.1. The van der Waals surface area contributed by atoms with Crippen LogP contribution >= 0.6 is 11.8 Å². The molecule has 0 N–H and O–H groups in total. The van der Waals surface area contributed by atoms with Gasteiger partial charge >= 0.3 is 0 Å². The Morgan fingerprint density at radius 3 is 2.63 bits per heavy atom. The molecule has 4 rings (SSSR count). The van der Waals surface area contributed by atoms with Gasteiger partial charge in [-0.1, -0.05) is 0 Å². The van der Waals surface area contributed by atoms with Gasteiger partial charge in [0.05, 0.1) is 5.69 Å². The van der Waals surface area contributed by atoms with Crippen LogP contribution in [0.2, 0.25) is 0 Å². The van der Waals surface area contributed by atoms with Crippen molar-refractivity contribution in [2.24, 2.45) is 0 Å². The van der Waals surface area contributed by atoms with Crippen molar-refractivity contribution in [1.29, 1.82) is 0 Å². The zero-order chi connectivity index (χ0) is 18.8. The van der Waals surface area contributed by atoms with Crippen LogP contribution in [0.15, 0.2) is 47.6 Å². The van der Waals surface area contributed by atoms with Crippen LogP contribution in [0.25, 0.3) is 22.2 Å². The topological polar surface area (TPSA) is 38.2 Å². The van der Waals surface area contributed by atoms with Gasteiger partial charge in [0.1, 0.15) is 23.2 Å². The highest BCUT2D eigenvalue weighted by Gasteiger charge is 2.20. The number of hydrogen-bond donors (Lipinski definition) is 0. The maximum absolute atomic E-state index is 14.6. The molecular formula is C21H22FN3OS. The van der Waals surface area contributed by atoms with E-state index in [-0.39, 0.29) is 11.9 Å². The minimum atomic E-state index is -0.287. The van der Waals surface area contributed by atoms with E-state index in [0.29, 0.717) is 16.8 Å². The number of halogens is 1. The molecule has 0 unspecified atom stereocenters. The van der Waals surface area contributed by atoms with Crippen molar-refractivity contribution in [3.05, 3.63) is 48.5 Å². The molecule has 0 saturated carbocycles. The largest absolute Gasteiger partial charge is 0.490 e. The first-order chi connectivity index (χ1) is 13.2. The Labute approximate surface area is 162 Å². The van der Waals surface area contributed by atoms with Crippen molar-refractivity contribution in [1.82, 2.24) is 14.9 Å². The number of aromatic nitrogens is 2. The second-order valence-electron chi connectivity index (χ2n) is 6.83. The SMILES string of the molecule is CSc1ccc(-c2nccc3c(OC4CCN(C)CC4)ccnc23)c(F)c1. The van der Waals surface area contributed by atoms with E-state index in [1.54, 1.807) is 24.5 Å². The number of ether oxygens (including phenoxy) is 1. The van der Waals surface area contributed by atoms with Crippen molar-refractivity contribution in [2.75, 3.05) is 26.4 Å². The third-order valence-corrected chi connectivity index (χ3v) is 5.74. The lowest BCUT2D eigenvalue weighted by atomic mass is 10.1. The molecule has 2 aromatic heterocycles. The fourth-order valence-corrected chi connectivity index (χ4v) is 3.88. The number of rotatable bonds is 4. The average Bonchev–Trinajstić information content (AvgIpc) is 2.69. The highest BCUT2D eigenvalue weighted by atomic mass is 32.2. The molecule has 0 amide bonds. The third-order valence-electron chi connectivity index (χ3n) is 5.01. The molecule has 3 aromatic rings. The van der Waals surface area contributed by atoms with E-state index in [9.17, 15) is 4.39 Å². The van der Waals surface area contributed by atoms with Crippen LogP contribution in [0.5, 0.6) is 5.75 Å². The Bertz CT molecular complexity index is 957. The van der Waals surface area contributed by atoms with Crippen LogP contribution in [-0.4, -0.2) is 47.4 Å². The highest BCUT2D eigenvalue weighted by molar-refractivity contribution is 7.98. The van der Waals surface area contributed by atoms with Gasteiger partial charge in [-0.2, -0.15) is 0 Å². The number of nitrogens with zero attached hydrogens (tertiary/aromatic N) is 3. The minimum absolute atomic E-state index is 0.195. The predicted molar refractivity (Wildman–Crippen MR) is 108 cm³/mol. The van der Waals surface area contributed by atoms with Crippen molar-refractivity contribution < 1.29 is 9.13 Å². The molecule has 1 saturated heterocycles. The first-order valence-electron chi connectivity index (χ1n) is 9.08. The Balaban J connectivity index is 1.72. The fourth-order valence-electron chi connectivity index (χ4n) is 3.45. The lowest BCUT2D eigenvalue weighted by Gasteiger charge is -2.29. The van der Waals surface area contributed by atoms with E-state index >= 15 is 0 Å². The Morgan fingerprint density at radius 2 is 1.89 bits per heavy atom. The number of hydrogen-bond acceptors (Lipinski definition) is 5. The summed E-state index contributed by atoms with van der Waals surface area (Å²) >= 11 is 1.51. The molecule has 3 heterocycles. The van der Waals surface area contributed by atoms with Gasteiger partial charge in [0.15, 0.2) is 0 Å². The monoisotopic (exact) mass is 383 g/mol. The summed E-state index contributed by atoms with van der Waals surface area (Å²) in [5, 5.41) is 0.870. The van der Waals surface area contributed by atoms with Crippen LogP contribution in [0, 0.1) is 5.82 Å². The van der Waals surface area contributed by atoms with Crippen molar-refractivity contribution in [3.63, 3.8) is 0 Å². The molecule has 1 fully saturated rings. The van der Waals surface area contributed by atoms with Crippen LogP contribution in [0.4, 0.5) is 4.39 Å². The molecule has 1 aliphatic rings. The molecule has 140 valence electrons. The first kappa shape index (κ1) is 18.2. The number of likely N-dealkylation sites (tertiary alicyclic amines) is 1. The lowest BCUT2D eigenvalue weighted by Crippen LogP contribution is -2.35. The Kier molecular flexibility index (Phi) is 5.27. The summed E-state index contributed by atoms with van der Waals surface area (Å²) in [6.45, 7) is 2.07. The van der Waals surface area contributed by atoms with Gasteiger partial charge in [0.25, 0.3) is 0 Å². The molecule has 27 heavy (non-hydrogen) atoms. The Morgan fingerprint density at radius 1 is 1.11 bits per heavy atom. The van der Waals surface area contributed by atoms with Crippen LogP contribution in [0.1, 0.15) is 12.8 Å². The third kappa shape index (κ3) is 3.77. The Hall–Kier alpha value is -2.18. The molecule has 0 aliphatic carbocycles. The fraction of sp³-hybridized carbons (Fsp3) is 0.333. The molecular weight excluding hydrogens is 361 g/mol. The minimum Gasteiger partial charge on any atom is -0.490 e. The zero-order valence-corrected chi connectivity index (χ0v) is 16.3. The number of piperidine rings is 1. The van der Waals surface area contributed by atoms with Gasteiger partial charge in [-0.15, -0.1) is 11.8 Å². The maximum atomic E-state index is 14.6. The summed E-state index contributed by atoms with van der Waals surface area (Å²) in [6, 6.07) is 9.00. The summed E-state index contributed by atoms with van der Waals surface area (Å²) < 4.78 is 20.9. The van der Waals surface area contributed by atoms with E-state index in [1.807, 2.05) is 24.5 Å². The van der Waals surface area contributed by atoms with Crippen LogP contribution in [0.3, 0.4) is 0 Å². The first-order valence-corrected chi connectivity index (χ1v) is 10.3. The molecule has 0 atom stereocenters. The van der Waals surface area contributed by atoms with Gasteiger partial charge in [0.2, 0.25) is 0 Å². The predicted octanol–water partition coefficient (Wildman–Crippen LogP) is 4.63. The van der Waals surface area contributed by atoms with Crippen LogP contribution in [-0.2, 0) is 0 Å². The van der Waals surface area contributed by atoms with Crippen LogP contribution < -0.4 is 4.74 Å². The quantitative estimate of drug-likeness (QED) is 0.614. The molecule has 4 nitrogen and oxygen atoms in total. The van der Waals surface area contributed by atoms with Gasteiger partial charge < -0.3 is 9.64 Å². The van der Waals surface area contributed by atoms with Gasteiger partial charge in [-0.3, -0.25) is 9.97 Å². The van der Waals surface area contributed by atoms with Gasteiger partial charge in [-0.05, 0) is 56.5 Å².